The number of anilines is 1. The molecule has 0 N–H and O–H groups in total. The summed E-state index contributed by atoms with van der Waals surface area (Å²) in [7, 11) is -2.35. The van der Waals surface area contributed by atoms with Crippen LogP contribution in [0.25, 0.3) is 0 Å². The highest BCUT2D eigenvalue weighted by Gasteiger charge is 2.21. The molecule has 0 saturated heterocycles. The molecule has 0 bridgehead atoms. The molecule has 0 aliphatic heterocycles. The van der Waals surface area contributed by atoms with E-state index in [1.165, 1.54) is 19.2 Å². The van der Waals surface area contributed by atoms with Crippen LogP contribution in [0.1, 0.15) is 11.3 Å². The van der Waals surface area contributed by atoms with Crippen molar-refractivity contribution in [3.8, 4) is 12.1 Å². The quantitative estimate of drug-likeness (QED) is 0.858. The second-order valence-corrected chi connectivity index (χ2v) is 6.09. The van der Waals surface area contributed by atoms with Crippen molar-refractivity contribution in [2.45, 2.75) is 4.90 Å². The third-order valence-corrected chi connectivity index (χ3v) is 4.64. The average Bonchev–Trinajstić information content (AvgIpc) is 2.54. The molecule has 2 aromatic rings. The summed E-state index contributed by atoms with van der Waals surface area (Å²) < 4.78 is 25.9. The summed E-state index contributed by atoms with van der Waals surface area (Å²) >= 11 is 0. The minimum Gasteiger partial charge on any atom is -0.269 e. The van der Waals surface area contributed by atoms with Crippen LogP contribution >= 0.6 is 0 Å². The molecule has 2 rings (SSSR count). The minimum atomic E-state index is -3.76. The van der Waals surface area contributed by atoms with Gasteiger partial charge in [-0.05, 0) is 36.4 Å². The Morgan fingerprint density at radius 3 is 2.19 bits per heavy atom. The Bertz CT molecular complexity index is 829. The molecule has 1 aromatic carbocycles. The topological polar surface area (TPSA) is 97.9 Å². The minimum absolute atomic E-state index is 0.00615. The van der Waals surface area contributed by atoms with Crippen LogP contribution in [-0.2, 0) is 10.0 Å². The summed E-state index contributed by atoms with van der Waals surface area (Å²) in [6.45, 7) is 0. The summed E-state index contributed by atoms with van der Waals surface area (Å²) in [6.07, 6.45) is 1.15. The molecule has 104 valence electrons. The van der Waals surface area contributed by atoms with Gasteiger partial charge in [-0.25, -0.2) is 13.4 Å². The number of rotatable bonds is 3. The molecular formula is C14H10N4O2S. The fourth-order valence-corrected chi connectivity index (χ4v) is 2.78. The van der Waals surface area contributed by atoms with E-state index in [4.69, 9.17) is 10.5 Å². The molecule has 1 aromatic heterocycles. The highest BCUT2D eigenvalue weighted by atomic mass is 32.2. The lowest BCUT2D eigenvalue weighted by molar-refractivity contribution is 0.594. The maximum Gasteiger partial charge on any atom is 0.265 e. The molecule has 0 spiro atoms. The summed E-state index contributed by atoms with van der Waals surface area (Å²) in [6, 6.07) is 12.7. The molecule has 0 fully saturated rings. The van der Waals surface area contributed by atoms with Crippen molar-refractivity contribution in [3.63, 3.8) is 0 Å². The van der Waals surface area contributed by atoms with Crippen LogP contribution in [-0.4, -0.2) is 20.4 Å². The standard InChI is InChI=1S/C14H10N4O2S/c1-18(13-5-2-11(8-15)3-6-13)21(19,20)14-7-4-12(9-16)17-10-14/h2-7,10H,1H3. The van der Waals surface area contributed by atoms with Crippen molar-refractivity contribution in [2.75, 3.05) is 11.4 Å². The summed E-state index contributed by atoms with van der Waals surface area (Å²) in [5.74, 6) is 0. The van der Waals surface area contributed by atoms with Gasteiger partial charge in [0.15, 0.2) is 0 Å². The lowest BCUT2D eigenvalue weighted by atomic mass is 10.2. The highest BCUT2D eigenvalue weighted by Crippen LogP contribution is 2.21. The van der Waals surface area contributed by atoms with Crippen molar-refractivity contribution in [3.05, 3.63) is 53.9 Å². The number of nitriles is 2. The highest BCUT2D eigenvalue weighted by molar-refractivity contribution is 7.92. The second kappa shape index (κ2) is 5.61. The Morgan fingerprint density at radius 1 is 1.05 bits per heavy atom. The first-order valence-electron chi connectivity index (χ1n) is 5.84. The monoisotopic (exact) mass is 298 g/mol. The van der Waals surface area contributed by atoms with Gasteiger partial charge in [-0.1, -0.05) is 0 Å². The van der Waals surface area contributed by atoms with E-state index in [-0.39, 0.29) is 10.6 Å². The Labute approximate surface area is 122 Å². The van der Waals surface area contributed by atoms with Crippen molar-refractivity contribution in [1.29, 1.82) is 10.5 Å². The summed E-state index contributed by atoms with van der Waals surface area (Å²) in [5.41, 5.74) is 1.03. The van der Waals surface area contributed by atoms with Gasteiger partial charge in [-0.15, -0.1) is 0 Å². The van der Waals surface area contributed by atoms with Crippen LogP contribution in [0.4, 0.5) is 5.69 Å². The SMILES string of the molecule is CN(c1ccc(C#N)cc1)S(=O)(=O)c1ccc(C#N)nc1. The van der Waals surface area contributed by atoms with E-state index in [9.17, 15) is 8.42 Å². The molecule has 0 atom stereocenters. The number of hydrogen-bond donors (Lipinski definition) is 0. The van der Waals surface area contributed by atoms with Gasteiger partial charge in [0.05, 0.1) is 17.3 Å². The number of benzene rings is 1. The van der Waals surface area contributed by atoms with Gasteiger partial charge in [-0.3, -0.25) is 4.31 Å². The number of pyridine rings is 1. The Balaban J connectivity index is 2.37. The molecule has 0 saturated carbocycles. The second-order valence-electron chi connectivity index (χ2n) is 4.12. The van der Waals surface area contributed by atoms with E-state index >= 15 is 0 Å². The van der Waals surface area contributed by atoms with Crippen molar-refractivity contribution < 1.29 is 8.42 Å². The average molecular weight is 298 g/mol. The lowest BCUT2D eigenvalue weighted by Crippen LogP contribution is -2.26. The van der Waals surface area contributed by atoms with Gasteiger partial charge >= 0.3 is 0 Å². The molecular weight excluding hydrogens is 288 g/mol. The van der Waals surface area contributed by atoms with Gasteiger partial charge in [0, 0.05) is 13.2 Å². The van der Waals surface area contributed by atoms with Crippen LogP contribution in [0.5, 0.6) is 0 Å². The fraction of sp³-hybridized carbons (Fsp3) is 0.0714. The first-order valence-corrected chi connectivity index (χ1v) is 7.28. The molecule has 0 aliphatic rings. The lowest BCUT2D eigenvalue weighted by Gasteiger charge is -2.19. The van der Waals surface area contributed by atoms with Crippen molar-refractivity contribution >= 4 is 15.7 Å². The first kappa shape index (κ1) is 14.5. The Kier molecular flexibility index (Phi) is 3.88. The van der Waals surface area contributed by atoms with Gasteiger partial charge in [-0.2, -0.15) is 10.5 Å². The largest absolute Gasteiger partial charge is 0.269 e. The summed E-state index contributed by atoms with van der Waals surface area (Å²) in [4.78, 5) is 3.75. The van der Waals surface area contributed by atoms with E-state index in [0.29, 0.717) is 11.3 Å². The van der Waals surface area contributed by atoms with Gasteiger partial charge in [0.2, 0.25) is 0 Å². The molecule has 1 heterocycles. The number of aromatic nitrogens is 1. The van der Waals surface area contributed by atoms with E-state index in [1.807, 2.05) is 12.1 Å². The zero-order chi connectivity index (χ0) is 15.5. The molecule has 0 radical (unpaired) electrons. The third kappa shape index (κ3) is 2.83. The predicted molar refractivity (Wildman–Crippen MR) is 75.7 cm³/mol. The number of sulfonamides is 1. The molecule has 21 heavy (non-hydrogen) atoms. The smallest absolute Gasteiger partial charge is 0.265 e. The van der Waals surface area contributed by atoms with E-state index in [1.54, 1.807) is 24.3 Å². The predicted octanol–water partition coefficient (Wildman–Crippen LogP) is 1.65. The Morgan fingerprint density at radius 2 is 1.71 bits per heavy atom. The van der Waals surface area contributed by atoms with Crippen LogP contribution < -0.4 is 4.31 Å². The van der Waals surface area contributed by atoms with Crippen LogP contribution in [0, 0.1) is 22.7 Å². The van der Waals surface area contributed by atoms with Crippen molar-refractivity contribution in [1.82, 2.24) is 4.98 Å². The normalized spacial score (nSPS) is 10.4. The molecule has 0 unspecified atom stereocenters. The fourth-order valence-electron chi connectivity index (χ4n) is 1.64. The number of hydrogen-bond acceptors (Lipinski definition) is 5. The van der Waals surface area contributed by atoms with E-state index < -0.39 is 10.0 Å². The first-order chi connectivity index (χ1) is 9.98. The van der Waals surface area contributed by atoms with Gasteiger partial charge in [0.1, 0.15) is 16.7 Å². The van der Waals surface area contributed by atoms with Gasteiger partial charge in [0.25, 0.3) is 10.0 Å². The van der Waals surface area contributed by atoms with Crippen LogP contribution in [0.3, 0.4) is 0 Å². The molecule has 0 amide bonds. The van der Waals surface area contributed by atoms with Crippen LogP contribution in [0.15, 0.2) is 47.5 Å². The zero-order valence-corrected chi connectivity index (χ0v) is 11.9. The van der Waals surface area contributed by atoms with Crippen LogP contribution in [0.2, 0.25) is 0 Å². The van der Waals surface area contributed by atoms with Crippen molar-refractivity contribution in [2.24, 2.45) is 0 Å². The van der Waals surface area contributed by atoms with E-state index in [0.717, 1.165) is 10.5 Å². The zero-order valence-electron chi connectivity index (χ0n) is 11.1. The maximum atomic E-state index is 12.4. The summed E-state index contributed by atoms with van der Waals surface area (Å²) in [5, 5.41) is 17.4. The third-order valence-electron chi connectivity index (χ3n) is 2.87. The van der Waals surface area contributed by atoms with E-state index in [2.05, 4.69) is 4.98 Å². The maximum absolute atomic E-state index is 12.4. The molecule has 6 nitrogen and oxygen atoms in total. The molecule has 7 heteroatoms. The Hall–Kier alpha value is -2.90. The number of nitrogens with zero attached hydrogens (tertiary/aromatic N) is 4. The molecule has 0 aliphatic carbocycles. The van der Waals surface area contributed by atoms with Gasteiger partial charge < -0.3 is 0 Å².